The highest BCUT2D eigenvalue weighted by molar-refractivity contribution is 4.66. The van der Waals surface area contributed by atoms with Gasteiger partial charge in [-0.2, -0.15) is 0 Å². The van der Waals surface area contributed by atoms with Crippen molar-refractivity contribution in [1.29, 1.82) is 0 Å². The summed E-state index contributed by atoms with van der Waals surface area (Å²) in [5.74, 6) is 0. The van der Waals surface area contributed by atoms with Crippen LogP contribution in [0, 0.1) is 0 Å². The Balaban J connectivity index is 4.28. The minimum absolute atomic E-state index is 0.137. The van der Waals surface area contributed by atoms with E-state index in [1.807, 2.05) is 19.0 Å². The molecule has 2 atom stereocenters. The molecule has 0 N–H and O–H groups in total. The highest BCUT2D eigenvalue weighted by Crippen LogP contribution is 2.19. The number of rotatable bonds is 7. The Hall–Kier alpha value is -0.120. The molecule has 0 aromatic heterocycles. The van der Waals surface area contributed by atoms with Gasteiger partial charge in [-0.1, -0.05) is 13.8 Å². The predicted octanol–water partition coefficient (Wildman–Crippen LogP) is 2.85. The first-order chi connectivity index (χ1) is 6.82. The van der Waals surface area contributed by atoms with Crippen molar-refractivity contribution in [2.45, 2.75) is 65.6 Å². The zero-order valence-electron chi connectivity index (χ0n) is 11.3. The Bertz CT molecular complexity index is 169. The summed E-state index contributed by atoms with van der Waals surface area (Å²) in [5.41, 5.74) is -0.137. The first-order valence-electron chi connectivity index (χ1n) is 5.82. The van der Waals surface area contributed by atoms with Crippen molar-refractivity contribution in [3.8, 4) is 0 Å². The van der Waals surface area contributed by atoms with Gasteiger partial charge in [0.15, 0.2) is 0 Å². The van der Waals surface area contributed by atoms with Crippen molar-refractivity contribution in [3.05, 3.63) is 0 Å². The van der Waals surface area contributed by atoms with Crippen LogP contribution in [0.25, 0.3) is 0 Å². The quantitative estimate of drug-likeness (QED) is 0.612. The van der Waals surface area contributed by atoms with Gasteiger partial charge in [0.25, 0.3) is 0 Å². The van der Waals surface area contributed by atoms with Gasteiger partial charge in [-0.3, -0.25) is 4.90 Å². The molecular weight excluding hydrogens is 190 g/mol. The Morgan fingerprint density at radius 3 is 2.07 bits per heavy atom. The van der Waals surface area contributed by atoms with Crippen molar-refractivity contribution in [2.75, 3.05) is 14.1 Å². The van der Waals surface area contributed by atoms with Gasteiger partial charge in [-0.05, 0) is 47.7 Å². The topological polar surface area (TPSA) is 21.7 Å². The molecule has 0 aromatic rings. The summed E-state index contributed by atoms with van der Waals surface area (Å²) in [6.07, 6.45) is 1.95. The molecule has 0 heterocycles. The molecule has 0 spiro atoms. The van der Waals surface area contributed by atoms with Crippen LogP contribution in [0.15, 0.2) is 0 Å². The fourth-order valence-electron chi connectivity index (χ4n) is 0.906. The average molecular weight is 217 g/mol. The molecule has 2 unspecified atom stereocenters. The third-order valence-electron chi connectivity index (χ3n) is 2.62. The van der Waals surface area contributed by atoms with Crippen LogP contribution in [0.1, 0.15) is 47.5 Å². The maximum Gasteiger partial charge on any atom is 0.218 e. The van der Waals surface area contributed by atoms with Gasteiger partial charge in [-0.15, -0.1) is 0 Å². The fraction of sp³-hybridized carbons (Fsp3) is 1.00. The lowest BCUT2D eigenvalue weighted by molar-refractivity contribution is -0.271. The molecule has 0 fully saturated rings. The molecule has 92 valence electrons. The molecule has 3 heteroatoms. The van der Waals surface area contributed by atoms with Crippen LogP contribution in [0.3, 0.4) is 0 Å². The average Bonchev–Trinajstić information content (AvgIpc) is 2.16. The molecule has 0 saturated heterocycles. The maximum absolute atomic E-state index is 5.92. The number of ether oxygens (including phenoxy) is 2. The molecule has 3 nitrogen and oxygen atoms in total. The zero-order valence-corrected chi connectivity index (χ0v) is 11.3. The molecular formula is C12H27NO2. The molecule has 0 amide bonds. The number of nitrogens with zero attached hydrogens (tertiary/aromatic N) is 1. The van der Waals surface area contributed by atoms with Gasteiger partial charge in [0.05, 0.1) is 11.7 Å². The van der Waals surface area contributed by atoms with E-state index < -0.39 is 0 Å². The van der Waals surface area contributed by atoms with Crippen molar-refractivity contribution < 1.29 is 9.47 Å². The third-order valence-corrected chi connectivity index (χ3v) is 2.62. The van der Waals surface area contributed by atoms with E-state index in [4.69, 9.17) is 9.47 Å². The van der Waals surface area contributed by atoms with Crippen LogP contribution < -0.4 is 0 Å². The van der Waals surface area contributed by atoms with Crippen LogP contribution in [0.5, 0.6) is 0 Å². The van der Waals surface area contributed by atoms with Crippen molar-refractivity contribution in [3.63, 3.8) is 0 Å². The lowest BCUT2D eigenvalue weighted by Gasteiger charge is -2.34. The molecule has 0 aliphatic heterocycles. The second-order valence-corrected chi connectivity index (χ2v) is 4.86. The highest BCUT2D eigenvalue weighted by Gasteiger charge is 2.24. The van der Waals surface area contributed by atoms with Gasteiger partial charge < -0.3 is 9.47 Å². The first kappa shape index (κ1) is 14.9. The van der Waals surface area contributed by atoms with Crippen LogP contribution in [0.2, 0.25) is 0 Å². The highest BCUT2D eigenvalue weighted by atomic mass is 16.7. The standard InChI is InChI=1S/C12H27NO2/c1-8-10(3)14-11(13(6)7)15-12(4,5)9-2/h10-11H,8-9H2,1-7H3. The van der Waals surface area contributed by atoms with E-state index in [0.717, 1.165) is 12.8 Å². The van der Waals surface area contributed by atoms with Crippen LogP contribution in [-0.2, 0) is 9.47 Å². The molecule has 15 heavy (non-hydrogen) atoms. The Morgan fingerprint density at radius 1 is 1.20 bits per heavy atom. The van der Waals surface area contributed by atoms with Gasteiger partial charge in [0.1, 0.15) is 0 Å². The summed E-state index contributed by atoms with van der Waals surface area (Å²) < 4.78 is 11.7. The second kappa shape index (κ2) is 6.46. The van der Waals surface area contributed by atoms with Gasteiger partial charge in [-0.25, -0.2) is 0 Å². The van der Waals surface area contributed by atoms with Crippen molar-refractivity contribution >= 4 is 0 Å². The van der Waals surface area contributed by atoms with Crippen molar-refractivity contribution in [2.24, 2.45) is 0 Å². The molecule has 0 radical (unpaired) electrons. The summed E-state index contributed by atoms with van der Waals surface area (Å²) in [6.45, 7) is 10.5. The van der Waals surface area contributed by atoms with E-state index in [2.05, 4.69) is 34.6 Å². The third kappa shape index (κ3) is 6.13. The second-order valence-electron chi connectivity index (χ2n) is 4.86. The van der Waals surface area contributed by atoms with E-state index in [1.54, 1.807) is 0 Å². The zero-order chi connectivity index (χ0) is 12.1. The summed E-state index contributed by atoms with van der Waals surface area (Å²) in [7, 11) is 3.94. The summed E-state index contributed by atoms with van der Waals surface area (Å²) in [6, 6.07) is 0. The van der Waals surface area contributed by atoms with Crippen LogP contribution in [0.4, 0.5) is 0 Å². The number of hydrogen-bond donors (Lipinski definition) is 0. The van der Waals surface area contributed by atoms with E-state index in [1.165, 1.54) is 0 Å². The van der Waals surface area contributed by atoms with E-state index in [9.17, 15) is 0 Å². The van der Waals surface area contributed by atoms with Gasteiger partial charge in [0, 0.05) is 0 Å². The summed E-state index contributed by atoms with van der Waals surface area (Å²) in [4.78, 5) is 1.96. The van der Waals surface area contributed by atoms with Gasteiger partial charge in [0.2, 0.25) is 6.41 Å². The minimum Gasteiger partial charge on any atom is -0.337 e. The smallest absolute Gasteiger partial charge is 0.218 e. The SMILES string of the molecule is CCC(C)OC(OC(C)(C)CC)N(C)C. The first-order valence-corrected chi connectivity index (χ1v) is 5.82. The molecule has 0 aliphatic carbocycles. The van der Waals surface area contributed by atoms with Crippen molar-refractivity contribution in [1.82, 2.24) is 4.90 Å². The maximum atomic E-state index is 5.92. The normalized spacial score (nSPS) is 16.8. The minimum atomic E-state index is -0.255. The largest absolute Gasteiger partial charge is 0.337 e. The Morgan fingerprint density at radius 2 is 1.73 bits per heavy atom. The summed E-state index contributed by atoms with van der Waals surface area (Å²) in [5, 5.41) is 0. The molecule has 0 saturated carbocycles. The molecule has 0 aliphatic rings. The molecule has 0 aromatic carbocycles. The van der Waals surface area contributed by atoms with Gasteiger partial charge >= 0.3 is 0 Å². The Labute approximate surface area is 94.7 Å². The van der Waals surface area contributed by atoms with E-state index in [-0.39, 0.29) is 18.1 Å². The number of hydrogen-bond acceptors (Lipinski definition) is 3. The molecule has 0 rings (SSSR count). The van der Waals surface area contributed by atoms with E-state index in [0.29, 0.717) is 0 Å². The van der Waals surface area contributed by atoms with Crippen LogP contribution in [-0.4, -0.2) is 37.1 Å². The van der Waals surface area contributed by atoms with Crippen LogP contribution >= 0.6 is 0 Å². The fourth-order valence-corrected chi connectivity index (χ4v) is 0.906. The summed E-state index contributed by atoms with van der Waals surface area (Å²) >= 11 is 0. The predicted molar refractivity (Wildman–Crippen MR) is 63.8 cm³/mol. The lowest BCUT2D eigenvalue weighted by Crippen LogP contribution is -2.42. The molecule has 0 bridgehead atoms. The lowest BCUT2D eigenvalue weighted by atomic mass is 10.1. The van der Waals surface area contributed by atoms with E-state index >= 15 is 0 Å². The Kier molecular flexibility index (Phi) is 6.41. The monoisotopic (exact) mass is 217 g/mol.